The van der Waals surface area contributed by atoms with Crippen molar-refractivity contribution in [1.29, 1.82) is 5.26 Å². The zero-order chi connectivity index (χ0) is 17.1. The van der Waals surface area contributed by atoms with Crippen LogP contribution < -0.4 is 10.3 Å². The van der Waals surface area contributed by atoms with Gasteiger partial charge in [0.25, 0.3) is 5.56 Å². The van der Waals surface area contributed by atoms with Crippen molar-refractivity contribution >= 4 is 0 Å². The Bertz CT molecular complexity index is 1000. The summed E-state index contributed by atoms with van der Waals surface area (Å²) in [5.74, 6) is -0.0518. The van der Waals surface area contributed by atoms with Gasteiger partial charge < -0.3 is 9.72 Å². The molecule has 0 atom stereocenters. The lowest BCUT2D eigenvalue weighted by Gasteiger charge is -2.13. The minimum Gasteiger partial charge on any atom is -0.454 e. The minimum atomic E-state index is -0.491. The number of pyridine rings is 1. The van der Waals surface area contributed by atoms with Gasteiger partial charge in [-0.15, -0.1) is 0 Å². The van der Waals surface area contributed by atoms with Gasteiger partial charge in [-0.3, -0.25) is 4.79 Å². The number of aromatic amines is 1. The first-order valence-electron chi connectivity index (χ1n) is 7.26. The molecule has 0 saturated heterocycles. The zero-order valence-corrected chi connectivity index (χ0v) is 12.8. The fourth-order valence-corrected chi connectivity index (χ4v) is 2.44. The molecule has 5 heteroatoms. The molecule has 24 heavy (non-hydrogen) atoms. The Kier molecular flexibility index (Phi) is 4.13. The highest BCUT2D eigenvalue weighted by Crippen LogP contribution is 2.35. The molecule has 0 aliphatic heterocycles. The van der Waals surface area contributed by atoms with E-state index in [1.165, 1.54) is 12.1 Å². The van der Waals surface area contributed by atoms with Crippen LogP contribution in [0.5, 0.6) is 11.5 Å². The van der Waals surface area contributed by atoms with Gasteiger partial charge in [0.15, 0.2) is 11.6 Å². The average molecular weight is 320 g/mol. The van der Waals surface area contributed by atoms with Crippen molar-refractivity contribution in [3.8, 4) is 28.7 Å². The third kappa shape index (κ3) is 2.90. The highest BCUT2D eigenvalue weighted by molar-refractivity contribution is 5.75. The Morgan fingerprint density at radius 1 is 1.04 bits per heavy atom. The quantitative estimate of drug-likeness (QED) is 0.788. The van der Waals surface area contributed by atoms with E-state index in [-0.39, 0.29) is 11.3 Å². The normalized spacial score (nSPS) is 10.2. The Morgan fingerprint density at radius 2 is 1.71 bits per heavy atom. The van der Waals surface area contributed by atoms with Crippen LogP contribution in [-0.4, -0.2) is 4.98 Å². The molecular formula is C19H13FN2O2. The topological polar surface area (TPSA) is 65.9 Å². The summed E-state index contributed by atoms with van der Waals surface area (Å²) in [6.45, 7) is 1.73. The second-order valence-corrected chi connectivity index (χ2v) is 5.21. The molecule has 2 aromatic carbocycles. The maximum atomic E-state index is 13.9. The number of benzene rings is 2. The number of nitrogens with zero attached hydrogens (tertiary/aromatic N) is 1. The summed E-state index contributed by atoms with van der Waals surface area (Å²) in [6.07, 6.45) is 0. The van der Waals surface area contributed by atoms with E-state index in [4.69, 9.17) is 4.74 Å². The van der Waals surface area contributed by atoms with E-state index < -0.39 is 11.4 Å². The molecule has 1 N–H and O–H groups in total. The monoisotopic (exact) mass is 320 g/mol. The third-order valence-corrected chi connectivity index (χ3v) is 3.51. The molecule has 0 aliphatic rings. The molecule has 0 unspecified atom stereocenters. The smallest absolute Gasteiger partial charge is 0.266 e. The first-order chi connectivity index (χ1) is 11.6. The highest BCUT2D eigenvalue weighted by Gasteiger charge is 2.15. The number of hydrogen-bond donors (Lipinski definition) is 1. The van der Waals surface area contributed by atoms with Gasteiger partial charge in [0.2, 0.25) is 0 Å². The molecule has 118 valence electrons. The molecule has 1 aromatic heterocycles. The van der Waals surface area contributed by atoms with E-state index in [0.29, 0.717) is 22.6 Å². The predicted molar refractivity (Wildman–Crippen MR) is 88.4 cm³/mol. The summed E-state index contributed by atoms with van der Waals surface area (Å²) in [4.78, 5) is 14.6. The number of H-pyrrole nitrogens is 1. The number of para-hydroxylation sites is 2. The summed E-state index contributed by atoms with van der Waals surface area (Å²) in [5, 5.41) is 9.31. The van der Waals surface area contributed by atoms with Crippen molar-refractivity contribution in [3.63, 3.8) is 0 Å². The van der Waals surface area contributed by atoms with Crippen molar-refractivity contribution in [1.82, 2.24) is 4.98 Å². The number of halogens is 1. The number of hydrogen-bond acceptors (Lipinski definition) is 3. The second kappa shape index (κ2) is 6.39. The van der Waals surface area contributed by atoms with Gasteiger partial charge in [0.05, 0.1) is 0 Å². The first kappa shape index (κ1) is 15.5. The van der Waals surface area contributed by atoms with Crippen LogP contribution in [0.15, 0.2) is 59.4 Å². The summed E-state index contributed by atoms with van der Waals surface area (Å²) in [5.41, 5.74) is 1.14. The van der Waals surface area contributed by atoms with E-state index in [0.717, 1.165) is 0 Å². The van der Waals surface area contributed by atoms with E-state index in [1.807, 2.05) is 6.07 Å². The van der Waals surface area contributed by atoms with Gasteiger partial charge in [-0.25, -0.2) is 4.39 Å². The summed E-state index contributed by atoms with van der Waals surface area (Å²) in [7, 11) is 0. The molecule has 0 aliphatic carbocycles. The molecular weight excluding hydrogens is 307 g/mol. The SMILES string of the molecule is Cc1cc(-c2ccccc2Oc2ccccc2F)c(C#N)c(=O)[nH]1. The van der Waals surface area contributed by atoms with Crippen LogP contribution in [0.4, 0.5) is 4.39 Å². The van der Waals surface area contributed by atoms with E-state index in [2.05, 4.69) is 4.98 Å². The lowest BCUT2D eigenvalue weighted by molar-refractivity contribution is 0.443. The fourth-order valence-electron chi connectivity index (χ4n) is 2.44. The largest absolute Gasteiger partial charge is 0.454 e. The first-order valence-corrected chi connectivity index (χ1v) is 7.26. The van der Waals surface area contributed by atoms with Crippen LogP contribution in [-0.2, 0) is 0 Å². The maximum absolute atomic E-state index is 13.9. The number of rotatable bonds is 3. The fraction of sp³-hybridized carbons (Fsp3) is 0.0526. The van der Waals surface area contributed by atoms with Gasteiger partial charge in [-0.05, 0) is 31.2 Å². The van der Waals surface area contributed by atoms with E-state index >= 15 is 0 Å². The molecule has 0 bridgehead atoms. The van der Waals surface area contributed by atoms with Crippen molar-refractivity contribution in [2.45, 2.75) is 6.92 Å². The predicted octanol–water partition coefficient (Wildman–Crippen LogP) is 4.15. The average Bonchev–Trinajstić information content (AvgIpc) is 2.57. The summed E-state index contributed by atoms with van der Waals surface area (Å²) in [6, 6.07) is 16.6. The lowest BCUT2D eigenvalue weighted by Crippen LogP contribution is -2.12. The van der Waals surface area contributed by atoms with Crippen LogP contribution in [0.3, 0.4) is 0 Å². The molecule has 3 rings (SSSR count). The standard InChI is InChI=1S/C19H13FN2O2/c1-12-10-14(15(11-21)19(23)22-12)13-6-2-4-8-17(13)24-18-9-5-3-7-16(18)20/h2-10H,1H3,(H,22,23). The molecule has 0 spiro atoms. The number of nitrogens with one attached hydrogen (secondary N) is 1. The van der Waals surface area contributed by atoms with Crippen LogP contribution in [0, 0.1) is 24.1 Å². The summed E-state index contributed by atoms with van der Waals surface area (Å²) >= 11 is 0. The van der Waals surface area contributed by atoms with Gasteiger partial charge in [-0.1, -0.05) is 30.3 Å². The number of nitriles is 1. The van der Waals surface area contributed by atoms with Gasteiger partial charge in [-0.2, -0.15) is 5.26 Å². The lowest BCUT2D eigenvalue weighted by atomic mass is 10.00. The van der Waals surface area contributed by atoms with Crippen LogP contribution in [0.1, 0.15) is 11.3 Å². The van der Waals surface area contributed by atoms with Crippen LogP contribution >= 0.6 is 0 Å². The zero-order valence-electron chi connectivity index (χ0n) is 12.8. The molecule has 0 fully saturated rings. The Labute approximate surface area is 137 Å². The number of ether oxygens (including phenoxy) is 1. The number of aromatic nitrogens is 1. The molecule has 0 radical (unpaired) electrons. The second-order valence-electron chi connectivity index (χ2n) is 5.21. The van der Waals surface area contributed by atoms with Crippen molar-refractivity contribution in [2.24, 2.45) is 0 Å². The van der Waals surface area contributed by atoms with Crippen molar-refractivity contribution in [2.75, 3.05) is 0 Å². The molecule has 3 aromatic rings. The Hall–Kier alpha value is -3.39. The molecule has 1 heterocycles. The highest BCUT2D eigenvalue weighted by atomic mass is 19.1. The number of aryl methyl sites for hydroxylation is 1. The van der Waals surface area contributed by atoms with Gasteiger partial charge >= 0.3 is 0 Å². The Morgan fingerprint density at radius 3 is 2.42 bits per heavy atom. The molecule has 0 amide bonds. The molecule has 0 saturated carbocycles. The van der Waals surface area contributed by atoms with Crippen molar-refractivity contribution < 1.29 is 9.13 Å². The van der Waals surface area contributed by atoms with Crippen LogP contribution in [0.2, 0.25) is 0 Å². The van der Waals surface area contributed by atoms with E-state index in [9.17, 15) is 14.4 Å². The van der Waals surface area contributed by atoms with Gasteiger partial charge in [0, 0.05) is 16.8 Å². The van der Waals surface area contributed by atoms with Gasteiger partial charge in [0.1, 0.15) is 17.4 Å². The van der Waals surface area contributed by atoms with E-state index in [1.54, 1.807) is 49.4 Å². The molecule has 4 nitrogen and oxygen atoms in total. The maximum Gasteiger partial charge on any atom is 0.266 e. The van der Waals surface area contributed by atoms with Crippen LogP contribution in [0.25, 0.3) is 11.1 Å². The third-order valence-electron chi connectivity index (χ3n) is 3.51. The Balaban J connectivity index is 2.17. The minimum absolute atomic E-state index is 0.00909. The summed E-state index contributed by atoms with van der Waals surface area (Å²) < 4.78 is 19.5. The van der Waals surface area contributed by atoms with Crippen molar-refractivity contribution in [3.05, 3.63) is 82.0 Å².